The first kappa shape index (κ1) is 11.0. The number of carbonyl (C=O) groups is 1. The van der Waals surface area contributed by atoms with Crippen LogP contribution in [0.4, 0.5) is 5.69 Å². The van der Waals surface area contributed by atoms with Gasteiger partial charge in [0.05, 0.1) is 5.56 Å². The monoisotopic (exact) mass is 218 g/mol. The lowest BCUT2D eigenvalue weighted by Gasteiger charge is -2.18. The Morgan fingerprint density at radius 3 is 2.75 bits per heavy atom. The summed E-state index contributed by atoms with van der Waals surface area (Å²) >= 11 is 0. The molecule has 0 atom stereocenters. The highest BCUT2D eigenvalue weighted by Crippen LogP contribution is 2.28. The van der Waals surface area contributed by atoms with Crippen LogP contribution in [0.25, 0.3) is 0 Å². The van der Waals surface area contributed by atoms with Crippen molar-refractivity contribution in [2.75, 3.05) is 18.9 Å². The highest BCUT2D eigenvalue weighted by Gasteiger charge is 2.30. The van der Waals surface area contributed by atoms with Crippen LogP contribution in [0.2, 0.25) is 0 Å². The molecule has 86 valence electrons. The SMILES string of the molecule is CCNc1ccccc1C(=O)N(C)C1CC1. The molecule has 2 rings (SSSR count). The molecule has 1 aliphatic rings. The Bertz CT molecular complexity index is 385. The third-order valence-corrected chi connectivity index (χ3v) is 2.94. The van der Waals surface area contributed by atoms with E-state index in [0.717, 1.165) is 30.6 Å². The molecule has 1 aliphatic carbocycles. The summed E-state index contributed by atoms with van der Waals surface area (Å²) in [6.07, 6.45) is 2.29. The molecule has 0 bridgehead atoms. The first-order valence-corrected chi connectivity index (χ1v) is 5.84. The van der Waals surface area contributed by atoms with Gasteiger partial charge in [0, 0.05) is 25.3 Å². The van der Waals surface area contributed by atoms with Crippen LogP contribution < -0.4 is 5.32 Å². The number of nitrogens with one attached hydrogen (secondary N) is 1. The van der Waals surface area contributed by atoms with Crippen LogP contribution >= 0.6 is 0 Å². The van der Waals surface area contributed by atoms with Gasteiger partial charge in [-0.3, -0.25) is 4.79 Å². The standard InChI is InChI=1S/C13H18N2O/c1-3-14-12-7-5-4-6-11(12)13(16)15(2)10-8-9-10/h4-7,10,14H,3,8-9H2,1-2H3. The number of amides is 1. The molecule has 3 heteroatoms. The number of para-hydroxylation sites is 1. The van der Waals surface area contributed by atoms with Crippen molar-refractivity contribution in [3.05, 3.63) is 29.8 Å². The van der Waals surface area contributed by atoms with Crippen LogP contribution in [0, 0.1) is 0 Å². The molecule has 0 unspecified atom stereocenters. The average Bonchev–Trinajstić information content (AvgIpc) is 3.12. The molecule has 1 aromatic carbocycles. The molecular formula is C13H18N2O. The lowest BCUT2D eigenvalue weighted by atomic mass is 10.1. The van der Waals surface area contributed by atoms with Crippen LogP contribution in [0.5, 0.6) is 0 Å². The fourth-order valence-corrected chi connectivity index (χ4v) is 1.83. The Morgan fingerprint density at radius 1 is 1.44 bits per heavy atom. The smallest absolute Gasteiger partial charge is 0.255 e. The van der Waals surface area contributed by atoms with Gasteiger partial charge in [-0.1, -0.05) is 12.1 Å². The molecule has 0 spiro atoms. The predicted octanol–water partition coefficient (Wildman–Crippen LogP) is 2.35. The summed E-state index contributed by atoms with van der Waals surface area (Å²) in [5, 5.41) is 3.22. The zero-order valence-corrected chi connectivity index (χ0v) is 9.86. The maximum absolute atomic E-state index is 12.2. The summed E-state index contributed by atoms with van der Waals surface area (Å²) < 4.78 is 0. The molecule has 0 radical (unpaired) electrons. The van der Waals surface area contributed by atoms with Gasteiger partial charge in [0.1, 0.15) is 0 Å². The zero-order valence-electron chi connectivity index (χ0n) is 9.86. The molecule has 16 heavy (non-hydrogen) atoms. The van der Waals surface area contributed by atoms with Gasteiger partial charge in [0.25, 0.3) is 5.91 Å². The summed E-state index contributed by atoms with van der Waals surface area (Å²) in [6.45, 7) is 2.86. The number of anilines is 1. The van der Waals surface area contributed by atoms with Crippen LogP contribution in [-0.2, 0) is 0 Å². The fourth-order valence-electron chi connectivity index (χ4n) is 1.83. The molecule has 1 fully saturated rings. The topological polar surface area (TPSA) is 32.3 Å². The maximum Gasteiger partial charge on any atom is 0.255 e. The van der Waals surface area contributed by atoms with Crippen molar-refractivity contribution in [2.45, 2.75) is 25.8 Å². The third kappa shape index (κ3) is 2.18. The number of carbonyl (C=O) groups excluding carboxylic acids is 1. The van der Waals surface area contributed by atoms with Crippen molar-refractivity contribution in [3.63, 3.8) is 0 Å². The van der Waals surface area contributed by atoms with E-state index in [0.29, 0.717) is 6.04 Å². The molecule has 1 saturated carbocycles. The van der Waals surface area contributed by atoms with E-state index >= 15 is 0 Å². The van der Waals surface area contributed by atoms with Gasteiger partial charge >= 0.3 is 0 Å². The Labute approximate surface area is 96.5 Å². The van der Waals surface area contributed by atoms with E-state index in [1.807, 2.05) is 43.1 Å². The first-order valence-electron chi connectivity index (χ1n) is 5.84. The van der Waals surface area contributed by atoms with Gasteiger partial charge in [-0.25, -0.2) is 0 Å². The van der Waals surface area contributed by atoms with Gasteiger partial charge in [-0.15, -0.1) is 0 Å². The largest absolute Gasteiger partial charge is 0.385 e. The van der Waals surface area contributed by atoms with Crippen LogP contribution in [0.15, 0.2) is 24.3 Å². The van der Waals surface area contributed by atoms with Gasteiger partial charge in [-0.05, 0) is 31.9 Å². The highest BCUT2D eigenvalue weighted by molar-refractivity contribution is 5.99. The Balaban J connectivity index is 2.20. The summed E-state index contributed by atoms with van der Waals surface area (Å²) in [6, 6.07) is 8.17. The van der Waals surface area contributed by atoms with Crippen molar-refractivity contribution >= 4 is 11.6 Å². The minimum Gasteiger partial charge on any atom is -0.385 e. The molecule has 3 nitrogen and oxygen atoms in total. The number of hydrogen-bond donors (Lipinski definition) is 1. The number of rotatable bonds is 4. The Kier molecular flexibility index (Phi) is 3.13. The number of nitrogens with zero attached hydrogens (tertiary/aromatic N) is 1. The number of benzene rings is 1. The van der Waals surface area contributed by atoms with Crippen LogP contribution in [0.3, 0.4) is 0 Å². The second-order valence-electron chi connectivity index (χ2n) is 4.22. The molecule has 0 aliphatic heterocycles. The molecule has 1 N–H and O–H groups in total. The normalized spacial score (nSPS) is 14.6. The van der Waals surface area contributed by atoms with Crippen LogP contribution in [-0.4, -0.2) is 30.4 Å². The second kappa shape index (κ2) is 4.56. The van der Waals surface area contributed by atoms with E-state index in [2.05, 4.69) is 5.32 Å². The minimum atomic E-state index is 0.124. The third-order valence-electron chi connectivity index (χ3n) is 2.94. The average molecular weight is 218 g/mol. The summed E-state index contributed by atoms with van der Waals surface area (Å²) in [4.78, 5) is 14.1. The van der Waals surface area contributed by atoms with E-state index < -0.39 is 0 Å². The lowest BCUT2D eigenvalue weighted by molar-refractivity contribution is 0.0786. The van der Waals surface area contributed by atoms with Crippen molar-refractivity contribution in [3.8, 4) is 0 Å². The molecule has 0 aromatic heterocycles. The van der Waals surface area contributed by atoms with E-state index in [-0.39, 0.29) is 5.91 Å². The summed E-state index contributed by atoms with van der Waals surface area (Å²) in [5.74, 6) is 0.124. The molecule has 0 heterocycles. The number of hydrogen-bond acceptors (Lipinski definition) is 2. The van der Waals surface area contributed by atoms with E-state index in [1.54, 1.807) is 0 Å². The lowest BCUT2D eigenvalue weighted by Crippen LogP contribution is -2.29. The summed E-state index contributed by atoms with van der Waals surface area (Å²) in [5.41, 5.74) is 1.71. The quantitative estimate of drug-likeness (QED) is 0.841. The van der Waals surface area contributed by atoms with Crippen molar-refractivity contribution in [1.29, 1.82) is 0 Å². The van der Waals surface area contributed by atoms with Gasteiger partial charge in [-0.2, -0.15) is 0 Å². The highest BCUT2D eigenvalue weighted by atomic mass is 16.2. The van der Waals surface area contributed by atoms with Gasteiger partial charge < -0.3 is 10.2 Å². The van der Waals surface area contributed by atoms with Crippen molar-refractivity contribution in [1.82, 2.24) is 4.90 Å². The fraction of sp³-hybridized carbons (Fsp3) is 0.462. The first-order chi connectivity index (χ1) is 7.74. The molecular weight excluding hydrogens is 200 g/mol. The Morgan fingerprint density at radius 2 is 2.12 bits per heavy atom. The minimum absolute atomic E-state index is 0.124. The van der Waals surface area contributed by atoms with Gasteiger partial charge in [0.2, 0.25) is 0 Å². The zero-order chi connectivity index (χ0) is 11.5. The Hall–Kier alpha value is -1.51. The van der Waals surface area contributed by atoms with E-state index in [1.165, 1.54) is 0 Å². The van der Waals surface area contributed by atoms with E-state index in [4.69, 9.17) is 0 Å². The van der Waals surface area contributed by atoms with Crippen molar-refractivity contribution in [2.24, 2.45) is 0 Å². The molecule has 0 saturated heterocycles. The molecule has 1 aromatic rings. The van der Waals surface area contributed by atoms with Crippen molar-refractivity contribution < 1.29 is 4.79 Å². The molecule has 1 amide bonds. The predicted molar refractivity (Wildman–Crippen MR) is 65.7 cm³/mol. The second-order valence-corrected chi connectivity index (χ2v) is 4.22. The van der Waals surface area contributed by atoms with Gasteiger partial charge in [0.15, 0.2) is 0 Å². The van der Waals surface area contributed by atoms with E-state index in [9.17, 15) is 4.79 Å². The summed E-state index contributed by atoms with van der Waals surface area (Å²) in [7, 11) is 1.89. The maximum atomic E-state index is 12.2. The van der Waals surface area contributed by atoms with Crippen LogP contribution in [0.1, 0.15) is 30.1 Å².